The van der Waals surface area contributed by atoms with Crippen molar-refractivity contribution < 1.29 is 49.0 Å². The van der Waals surface area contributed by atoms with Gasteiger partial charge in [-0.15, -0.1) is 0 Å². The summed E-state index contributed by atoms with van der Waals surface area (Å²) in [6.45, 7) is 6.59. The Morgan fingerprint density at radius 1 is 0.911 bits per heavy atom. The van der Waals surface area contributed by atoms with Gasteiger partial charge in [0.05, 0.1) is 31.5 Å². The molecule has 1 aliphatic carbocycles. The van der Waals surface area contributed by atoms with Crippen LogP contribution in [0.15, 0.2) is 0 Å². The molecule has 0 aromatic carbocycles. The van der Waals surface area contributed by atoms with Crippen molar-refractivity contribution in [2.45, 2.75) is 140 Å². The first-order valence-electron chi connectivity index (χ1n) is 16.9. The van der Waals surface area contributed by atoms with Crippen LogP contribution in [0, 0.1) is 11.8 Å². The lowest BCUT2D eigenvalue weighted by Crippen LogP contribution is -2.64. The molecule has 0 aromatic rings. The number of rotatable bonds is 19. The van der Waals surface area contributed by atoms with Crippen molar-refractivity contribution in [1.29, 1.82) is 0 Å². The Morgan fingerprint density at radius 2 is 1.62 bits per heavy atom. The van der Waals surface area contributed by atoms with Gasteiger partial charge in [0.2, 0.25) is 17.7 Å². The summed E-state index contributed by atoms with van der Waals surface area (Å²) in [5, 5.41) is 45.0. The van der Waals surface area contributed by atoms with Crippen LogP contribution in [0.5, 0.6) is 0 Å². The van der Waals surface area contributed by atoms with Gasteiger partial charge in [0, 0.05) is 39.5 Å². The third-order valence-electron chi connectivity index (χ3n) is 9.34. The summed E-state index contributed by atoms with van der Waals surface area (Å²) < 4.78 is 17.5. The standard InChI is InChI=1S/C32H57N3O10/c1-20(2)22-14-24(15-22)44-25-16-23(18-36)35(17-25)28(40)11-7-4-8-12-33-27(39)10-6-5-9-13-43-32-29(34-21(3)38)31(42)30(41)26(19-37)45-32/h20,22-26,29-32,36-37,41-42H,4-19H2,1-3H3,(H,33,39)(H,34,38)/t22?,23-,24?,25+,26?,29?,30?,31?,32?/m0/s1. The third-order valence-corrected chi connectivity index (χ3v) is 9.34. The van der Waals surface area contributed by atoms with Crippen LogP contribution in [-0.2, 0) is 28.6 Å². The molecule has 2 saturated heterocycles. The van der Waals surface area contributed by atoms with Crippen LogP contribution >= 0.6 is 0 Å². The third kappa shape index (κ3) is 11.7. The predicted octanol–water partition coefficient (Wildman–Crippen LogP) is 0.597. The van der Waals surface area contributed by atoms with Crippen molar-refractivity contribution in [1.82, 2.24) is 15.5 Å². The molecule has 5 unspecified atom stereocenters. The zero-order chi connectivity index (χ0) is 32.9. The highest BCUT2D eigenvalue weighted by atomic mass is 16.7. The minimum absolute atomic E-state index is 0.00361. The van der Waals surface area contributed by atoms with Gasteiger partial charge in [0.1, 0.15) is 24.4 Å². The zero-order valence-electron chi connectivity index (χ0n) is 27.3. The van der Waals surface area contributed by atoms with E-state index in [0.29, 0.717) is 51.1 Å². The molecule has 13 nitrogen and oxygen atoms in total. The first-order valence-corrected chi connectivity index (χ1v) is 16.9. The summed E-state index contributed by atoms with van der Waals surface area (Å²) in [5.41, 5.74) is 0. The fraction of sp³-hybridized carbons (Fsp3) is 0.906. The zero-order valence-corrected chi connectivity index (χ0v) is 27.3. The molecule has 45 heavy (non-hydrogen) atoms. The molecule has 0 radical (unpaired) electrons. The molecule has 3 rings (SSSR count). The van der Waals surface area contributed by atoms with Crippen LogP contribution in [0.25, 0.3) is 0 Å². The predicted molar refractivity (Wildman–Crippen MR) is 165 cm³/mol. The fourth-order valence-corrected chi connectivity index (χ4v) is 6.40. The molecule has 3 fully saturated rings. The topological polar surface area (TPSA) is 187 Å². The first-order chi connectivity index (χ1) is 21.5. The molecule has 3 amide bonds. The monoisotopic (exact) mass is 643 g/mol. The number of hydrogen-bond donors (Lipinski definition) is 6. The molecule has 0 aromatic heterocycles. The van der Waals surface area contributed by atoms with E-state index in [4.69, 9.17) is 14.2 Å². The molecule has 2 aliphatic heterocycles. The molecule has 2 heterocycles. The number of nitrogens with one attached hydrogen (secondary N) is 2. The summed E-state index contributed by atoms with van der Waals surface area (Å²) in [4.78, 5) is 38.3. The van der Waals surface area contributed by atoms with Crippen molar-refractivity contribution in [3.05, 3.63) is 0 Å². The smallest absolute Gasteiger partial charge is 0.222 e. The van der Waals surface area contributed by atoms with Gasteiger partial charge in [-0.2, -0.15) is 0 Å². The van der Waals surface area contributed by atoms with E-state index < -0.39 is 43.2 Å². The average molecular weight is 644 g/mol. The second-order valence-corrected chi connectivity index (χ2v) is 13.2. The lowest BCUT2D eigenvalue weighted by molar-refractivity contribution is -0.270. The molecule has 7 atom stereocenters. The van der Waals surface area contributed by atoms with Gasteiger partial charge < -0.3 is 50.2 Å². The SMILES string of the molecule is CC(=O)NC1C(OCCCCCC(=O)NCCCCCC(=O)N2C[C@H](OC3CC(C(C)C)C3)C[C@H]2CO)OC(CO)C(O)C1O. The van der Waals surface area contributed by atoms with Crippen molar-refractivity contribution in [3.8, 4) is 0 Å². The van der Waals surface area contributed by atoms with Crippen molar-refractivity contribution in [2.24, 2.45) is 11.8 Å². The Balaban J connectivity index is 1.20. The van der Waals surface area contributed by atoms with Crippen LogP contribution < -0.4 is 10.6 Å². The van der Waals surface area contributed by atoms with E-state index in [1.807, 2.05) is 0 Å². The summed E-state index contributed by atoms with van der Waals surface area (Å²) in [7, 11) is 0. The van der Waals surface area contributed by atoms with Crippen LogP contribution in [0.3, 0.4) is 0 Å². The van der Waals surface area contributed by atoms with Gasteiger partial charge >= 0.3 is 0 Å². The number of amides is 3. The van der Waals surface area contributed by atoms with E-state index in [2.05, 4.69) is 24.5 Å². The number of nitrogens with zero attached hydrogens (tertiary/aromatic N) is 1. The van der Waals surface area contributed by atoms with E-state index >= 15 is 0 Å². The lowest BCUT2D eigenvalue weighted by atomic mass is 9.75. The maximum atomic E-state index is 12.8. The van der Waals surface area contributed by atoms with Crippen LogP contribution in [0.1, 0.15) is 91.4 Å². The van der Waals surface area contributed by atoms with Crippen LogP contribution in [0.2, 0.25) is 0 Å². The normalized spacial score (nSPS) is 31.6. The number of hydrogen-bond acceptors (Lipinski definition) is 10. The minimum atomic E-state index is -1.36. The number of carbonyl (C=O) groups excluding carboxylic acids is 3. The first kappa shape index (κ1) is 37.6. The molecular weight excluding hydrogens is 586 g/mol. The Bertz CT molecular complexity index is 918. The maximum absolute atomic E-state index is 12.8. The highest BCUT2D eigenvalue weighted by Crippen LogP contribution is 2.37. The number of carbonyl (C=O) groups is 3. The number of aliphatic hydroxyl groups excluding tert-OH is 4. The van der Waals surface area contributed by atoms with E-state index in [0.717, 1.165) is 44.4 Å². The Labute approximate surface area is 267 Å². The molecule has 13 heteroatoms. The summed E-state index contributed by atoms with van der Waals surface area (Å²) >= 11 is 0. The van der Waals surface area contributed by atoms with E-state index in [9.17, 15) is 34.8 Å². The van der Waals surface area contributed by atoms with Gasteiger partial charge in [-0.1, -0.05) is 26.7 Å². The molecule has 3 aliphatic rings. The van der Waals surface area contributed by atoms with Gasteiger partial charge in [-0.25, -0.2) is 0 Å². The van der Waals surface area contributed by atoms with Crippen molar-refractivity contribution >= 4 is 17.7 Å². The quantitative estimate of drug-likeness (QED) is 0.109. The molecule has 0 bridgehead atoms. The highest BCUT2D eigenvalue weighted by molar-refractivity contribution is 5.77. The summed E-state index contributed by atoms with van der Waals surface area (Å²) in [6.07, 6.45) is 3.55. The molecule has 260 valence electrons. The van der Waals surface area contributed by atoms with Gasteiger partial charge in [-0.3, -0.25) is 14.4 Å². The lowest BCUT2D eigenvalue weighted by Gasteiger charge is -2.42. The van der Waals surface area contributed by atoms with Gasteiger partial charge in [-0.05, 0) is 56.8 Å². The molecule has 1 saturated carbocycles. The van der Waals surface area contributed by atoms with Crippen LogP contribution in [-0.4, -0.2) is 125 Å². The maximum Gasteiger partial charge on any atom is 0.222 e. The Hall–Kier alpha value is -1.87. The summed E-state index contributed by atoms with van der Waals surface area (Å²) in [5.74, 6) is 1.02. The Kier molecular flexibility index (Phi) is 15.9. The highest BCUT2D eigenvalue weighted by Gasteiger charge is 2.45. The van der Waals surface area contributed by atoms with E-state index in [-0.39, 0.29) is 43.3 Å². The van der Waals surface area contributed by atoms with Crippen molar-refractivity contribution in [2.75, 3.05) is 32.9 Å². The van der Waals surface area contributed by atoms with Crippen LogP contribution in [0.4, 0.5) is 0 Å². The summed E-state index contributed by atoms with van der Waals surface area (Å²) in [6, 6.07) is -1.14. The number of likely N-dealkylation sites (tertiary alicyclic amines) is 1. The van der Waals surface area contributed by atoms with Gasteiger partial charge in [0.25, 0.3) is 0 Å². The fourth-order valence-electron chi connectivity index (χ4n) is 6.40. The van der Waals surface area contributed by atoms with E-state index in [1.165, 1.54) is 6.92 Å². The number of aliphatic hydroxyl groups is 4. The molecule has 0 spiro atoms. The van der Waals surface area contributed by atoms with Gasteiger partial charge in [0.15, 0.2) is 6.29 Å². The second-order valence-electron chi connectivity index (χ2n) is 13.2. The number of ether oxygens (including phenoxy) is 3. The number of unbranched alkanes of at least 4 members (excludes halogenated alkanes) is 4. The minimum Gasteiger partial charge on any atom is -0.394 e. The van der Waals surface area contributed by atoms with E-state index in [1.54, 1.807) is 4.90 Å². The molecular formula is C32H57N3O10. The average Bonchev–Trinajstić information content (AvgIpc) is 3.40. The Morgan fingerprint density at radius 3 is 2.29 bits per heavy atom. The second kappa shape index (κ2) is 19.1. The molecule has 6 N–H and O–H groups in total. The van der Waals surface area contributed by atoms with Crippen molar-refractivity contribution in [3.63, 3.8) is 0 Å². The largest absolute Gasteiger partial charge is 0.394 e.